The Morgan fingerprint density at radius 2 is 1.81 bits per heavy atom. The molecule has 1 N–H and O–H groups in total. The van der Waals surface area contributed by atoms with Crippen LogP contribution in [0.1, 0.15) is 51.4 Å². The molecule has 1 fully saturated rings. The first-order valence-corrected chi connectivity index (χ1v) is 8.57. The van der Waals surface area contributed by atoms with Gasteiger partial charge in [-0.2, -0.15) is 0 Å². The van der Waals surface area contributed by atoms with Gasteiger partial charge in [0, 0.05) is 12.6 Å². The molecule has 0 bridgehead atoms. The summed E-state index contributed by atoms with van der Waals surface area (Å²) >= 11 is 0. The third kappa shape index (κ3) is 4.07. The van der Waals surface area contributed by atoms with Gasteiger partial charge in [-0.25, -0.2) is 4.98 Å². The first kappa shape index (κ1) is 14.6. The highest BCUT2D eigenvalue weighted by atomic mass is 15.0. The van der Waals surface area contributed by atoms with Crippen LogP contribution in [-0.4, -0.2) is 22.1 Å². The van der Waals surface area contributed by atoms with Crippen LogP contribution in [0.15, 0.2) is 30.6 Å². The van der Waals surface area contributed by atoms with Gasteiger partial charge in [-0.15, -0.1) is 0 Å². The van der Waals surface area contributed by atoms with E-state index < -0.39 is 0 Å². The van der Waals surface area contributed by atoms with Gasteiger partial charge in [0.15, 0.2) is 0 Å². The summed E-state index contributed by atoms with van der Waals surface area (Å²) in [6.45, 7) is 2.18. The molecular weight excluding hydrogens is 258 g/mol. The first-order chi connectivity index (χ1) is 10.4. The van der Waals surface area contributed by atoms with Crippen molar-refractivity contribution in [3.8, 4) is 0 Å². The lowest BCUT2D eigenvalue weighted by Crippen LogP contribution is -2.31. The van der Waals surface area contributed by atoms with Gasteiger partial charge in [0.1, 0.15) is 0 Å². The molecule has 2 aromatic rings. The zero-order chi connectivity index (χ0) is 14.3. The number of imidazole rings is 1. The van der Waals surface area contributed by atoms with Crippen molar-refractivity contribution < 1.29 is 0 Å². The molecule has 0 radical (unpaired) electrons. The van der Waals surface area contributed by atoms with Crippen molar-refractivity contribution in [2.45, 2.75) is 64.0 Å². The van der Waals surface area contributed by atoms with Gasteiger partial charge in [-0.05, 0) is 37.9 Å². The van der Waals surface area contributed by atoms with Gasteiger partial charge in [0.2, 0.25) is 0 Å². The molecule has 1 aliphatic carbocycles. The summed E-state index contributed by atoms with van der Waals surface area (Å²) in [5.41, 5.74) is 2.36. The van der Waals surface area contributed by atoms with E-state index in [1.165, 1.54) is 56.9 Å². The molecule has 1 aromatic heterocycles. The van der Waals surface area contributed by atoms with E-state index >= 15 is 0 Å². The molecular formula is C18H27N3. The topological polar surface area (TPSA) is 29.9 Å². The minimum absolute atomic E-state index is 0.754. The molecule has 1 saturated carbocycles. The van der Waals surface area contributed by atoms with Gasteiger partial charge in [-0.3, -0.25) is 0 Å². The molecule has 0 aliphatic heterocycles. The highest BCUT2D eigenvalue weighted by Crippen LogP contribution is 2.17. The van der Waals surface area contributed by atoms with E-state index in [1.807, 2.05) is 6.33 Å². The molecule has 114 valence electrons. The Hall–Kier alpha value is -1.35. The molecule has 0 unspecified atom stereocenters. The summed E-state index contributed by atoms with van der Waals surface area (Å²) in [6.07, 6.45) is 13.0. The van der Waals surface area contributed by atoms with E-state index in [4.69, 9.17) is 0 Å². The average molecular weight is 285 g/mol. The van der Waals surface area contributed by atoms with Crippen molar-refractivity contribution in [1.82, 2.24) is 14.9 Å². The molecule has 1 aromatic carbocycles. The number of fused-ring (bicyclic) bond motifs is 1. The van der Waals surface area contributed by atoms with Crippen molar-refractivity contribution in [2.75, 3.05) is 6.54 Å². The van der Waals surface area contributed by atoms with Gasteiger partial charge in [0.25, 0.3) is 0 Å². The number of para-hydroxylation sites is 2. The van der Waals surface area contributed by atoms with E-state index in [2.05, 4.69) is 39.1 Å². The number of rotatable bonds is 5. The molecule has 3 rings (SSSR count). The van der Waals surface area contributed by atoms with Crippen LogP contribution in [0.4, 0.5) is 0 Å². The van der Waals surface area contributed by atoms with Crippen LogP contribution in [0.5, 0.6) is 0 Å². The summed E-state index contributed by atoms with van der Waals surface area (Å²) in [5.74, 6) is 0. The maximum absolute atomic E-state index is 4.45. The van der Waals surface area contributed by atoms with E-state index in [-0.39, 0.29) is 0 Å². The van der Waals surface area contributed by atoms with Crippen LogP contribution in [0, 0.1) is 0 Å². The van der Waals surface area contributed by atoms with Crippen LogP contribution < -0.4 is 5.32 Å². The zero-order valence-electron chi connectivity index (χ0n) is 12.9. The maximum Gasteiger partial charge on any atom is 0.0958 e. The molecule has 21 heavy (non-hydrogen) atoms. The predicted octanol–water partition coefficient (Wildman–Crippen LogP) is 4.13. The Morgan fingerprint density at radius 1 is 1.05 bits per heavy atom. The highest BCUT2D eigenvalue weighted by Gasteiger charge is 2.10. The van der Waals surface area contributed by atoms with Crippen molar-refractivity contribution >= 4 is 11.0 Å². The molecule has 1 aliphatic rings. The Labute approximate surface area is 127 Å². The second-order valence-corrected chi connectivity index (χ2v) is 6.28. The molecule has 3 heteroatoms. The summed E-state index contributed by atoms with van der Waals surface area (Å²) in [4.78, 5) is 4.45. The fourth-order valence-electron chi connectivity index (χ4n) is 3.40. The number of aromatic nitrogens is 2. The number of nitrogens with zero attached hydrogens (tertiary/aromatic N) is 2. The van der Waals surface area contributed by atoms with Crippen LogP contribution in [0.3, 0.4) is 0 Å². The number of benzene rings is 1. The SMILES string of the molecule is c1ccc2c(c1)ncn2CCCNC1CCCCCCC1. The van der Waals surface area contributed by atoms with E-state index in [0.717, 1.165) is 24.6 Å². The normalized spacial score (nSPS) is 17.7. The number of aryl methyl sites for hydroxylation is 1. The third-order valence-electron chi connectivity index (χ3n) is 4.64. The van der Waals surface area contributed by atoms with Crippen LogP contribution in [0.25, 0.3) is 11.0 Å². The van der Waals surface area contributed by atoms with Crippen molar-refractivity contribution in [3.63, 3.8) is 0 Å². The van der Waals surface area contributed by atoms with Crippen molar-refractivity contribution in [3.05, 3.63) is 30.6 Å². The lowest BCUT2D eigenvalue weighted by atomic mass is 9.97. The summed E-state index contributed by atoms with van der Waals surface area (Å²) in [5, 5.41) is 3.77. The van der Waals surface area contributed by atoms with Crippen LogP contribution >= 0.6 is 0 Å². The van der Waals surface area contributed by atoms with Crippen LogP contribution in [-0.2, 0) is 6.54 Å². The Kier molecular flexibility index (Phi) is 5.28. The molecule has 1 heterocycles. The smallest absolute Gasteiger partial charge is 0.0958 e. The number of nitrogens with one attached hydrogen (secondary N) is 1. The van der Waals surface area contributed by atoms with Crippen molar-refractivity contribution in [1.29, 1.82) is 0 Å². The summed E-state index contributed by atoms with van der Waals surface area (Å²) < 4.78 is 2.27. The predicted molar refractivity (Wildman–Crippen MR) is 88.5 cm³/mol. The Morgan fingerprint density at radius 3 is 2.67 bits per heavy atom. The summed E-state index contributed by atoms with van der Waals surface area (Å²) in [7, 11) is 0. The highest BCUT2D eigenvalue weighted by molar-refractivity contribution is 5.74. The minimum atomic E-state index is 0.754. The molecule has 3 nitrogen and oxygen atoms in total. The molecule has 0 saturated heterocycles. The fraction of sp³-hybridized carbons (Fsp3) is 0.611. The molecule has 0 amide bonds. The Balaban J connectivity index is 1.43. The minimum Gasteiger partial charge on any atom is -0.331 e. The monoisotopic (exact) mass is 285 g/mol. The standard InChI is InChI=1S/C18H27N3/c1-2-4-9-16(10-5-3-1)19-13-8-14-21-15-20-17-11-6-7-12-18(17)21/h6-7,11-12,15-16,19H,1-5,8-10,13-14H2. The van der Waals surface area contributed by atoms with Crippen molar-refractivity contribution in [2.24, 2.45) is 0 Å². The lowest BCUT2D eigenvalue weighted by Gasteiger charge is -2.21. The second-order valence-electron chi connectivity index (χ2n) is 6.28. The molecule has 0 spiro atoms. The first-order valence-electron chi connectivity index (χ1n) is 8.57. The van der Waals surface area contributed by atoms with E-state index in [0.29, 0.717) is 0 Å². The zero-order valence-corrected chi connectivity index (χ0v) is 12.9. The maximum atomic E-state index is 4.45. The Bertz CT molecular complexity index is 538. The molecule has 0 atom stereocenters. The van der Waals surface area contributed by atoms with Gasteiger partial charge in [-0.1, -0.05) is 44.2 Å². The lowest BCUT2D eigenvalue weighted by molar-refractivity contribution is 0.385. The van der Waals surface area contributed by atoms with Gasteiger partial charge < -0.3 is 9.88 Å². The summed E-state index contributed by atoms with van der Waals surface area (Å²) in [6, 6.07) is 9.14. The number of hydrogen-bond acceptors (Lipinski definition) is 2. The second kappa shape index (κ2) is 7.60. The van der Waals surface area contributed by atoms with E-state index in [1.54, 1.807) is 0 Å². The van der Waals surface area contributed by atoms with Gasteiger partial charge >= 0.3 is 0 Å². The third-order valence-corrected chi connectivity index (χ3v) is 4.64. The van der Waals surface area contributed by atoms with Crippen LogP contribution in [0.2, 0.25) is 0 Å². The fourth-order valence-corrected chi connectivity index (χ4v) is 3.40. The average Bonchev–Trinajstić information content (AvgIpc) is 2.88. The largest absolute Gasteiger partial charge is 0.331 e. The van der Waals surface area contributed by atoms with E-state index in [9.17, 15) is 0 Å². The quantitative estimate of drug-likeness (QED) is 0.837. The van der Waals surface area contributed by atoms with Gasteiger partial charge in [0.05, 0.1) is 17.4 Å². The number of hydrogen-bond donors (Lipinski definition) is 1.